The zero-order valence-corrected chi connectivity index (χ0v) is 15.6. The van der Waals surface area contributed by atoms with Gasteiger partial charge in [0.2, 0.25) is 0 Å². The van der Waals surface area contributed by atoms with E-state index in [1.54, 1.807) is 0 Å². The fraction of sp³-hybridized carbons (Fsp3) is 0.667. The monoisotopic (exact) mass is 308 g/mol. The molecular weight excluding hydrogens is 275 g/mol. The van der Waals surface area contributed by atoms with E-state index >= 15 is 0 Å². The first-order valence-corrected chi connectivity index (χ1v) is 9.90. The Morgan fingerprint density at radius 3 is 1.48 bits per heavy atom. The molecule has 1 rings (SSSR count). The molecule has 0 spiro atoms. The Labute approximate surface area is 133 Å². The van der Waals surface area contributed by atoms with Gasteiger partial charge in [0.1, 0.15) is 0 Å². The van der Waals surface area contributed by atoms with Crippen molar-refractivity contribution in [3.05, 3.63) is 30.3 Å². The molecule has 2 atom stereocenters. The van der Waals surface area contributed by atoms with Crippen LogP contribution in [-0.2, 0) is 0 Å². The molecule has 21 heavy (non-hydrogen) atoms. The van der Waals surface area contributed by atoms with Gasteiger partial charge in [-0.25, -0.2) is 0 Å². The Balaban J connectivity index is 3.11. The van der Waals surface area contributed by atoms with Gasteiger partial charge in [0.15, 0.2) is 0 Å². The zero-order valence-electron chi connectivity index (χ0n) is 14.7. The van der Waals surface area contributed by atoms with Crippen molar-refractivity contribution in [1.29, 1.82) is 0 Å². The summed E-state index contributed by atoms with van der Waals surface area (Å²) in [5.41, 5.74) is 0. The summed E-state index contributed by atoms with van der Waals surface area (Å²) in [5, 5.41) is 1.53. The second kappa shape index (κ2) is 9.56. The SMILES string of the molecule is CCN(CC)C(C)P(c1ccccc1)C(C)N(CC)CC. The van der Waals surface area contributed by atoms with E-state index < -0.39 is 0 Å². The molecule has 0 saturated heterocycles. The van der Waals surface area contributed by atoms with Gasteiger partial charge in [-0.3, -0.25) is 9.80 Å². The van der Waals surface area contributed by atoms with Crippen molar-refractivity contribution < 1.29 is 0 Å². The van der Waals surface area contributed by atoms with Gasteiger partial charge < -0.3 is 0 Å². The van der Waals surface area contributed by atoms with E-state index in [4.69, 9.17) is 0 Å². The molecule has 0 N–H and O–H groups in total. The maximum absolute atomic E-state index is 2.61. The average Bonchev–Trinajstić information content (AvgIpc) is 2.51. The molecule has 0 fully saturated rings. The number of benzene rings is 1. The minimum absolute atomic E-state index is 0.228. The number of nitrogens with zero attached hydrogens (tertiary/aromatic N) is 2. The van der Waals surface area contributed by atoms with Gasteiger partial charge in [-0.05, 0) is 53.3 Å². The van der Waals surface area contributed by atoms with E-state index in [2.05, 4.69) is 81.7 Å². The average molecular weight is 308 g/mol. The quantitative estimate of drug-likeness (QED) is 0.632. The molecule has 2 unspecified atom stereocenters. The highest BCUT2D eigenvalue weighted by Crippen LogP contribution is 2.47. The van der Waals surface area contributed by atoms with Crippen molar-refractivity contribution in [2.24, 2.45) is 0 Å². The molecule has 0 bridgehead atoms. The van der Waals surface area contributed by atoms with Crippen LogP contribution in [0.15, 0.2) is 30.3 Å². The van der Waals surface area contributed by atoms with Crippen molar-refractivity contribution in [2.45, 2.75) is 53.1 Å². The molecule has 0 aliphatic rings. The molecular formula is C18H33N2P. The second-order valence-corrected chi connectivity index (χ2v) is 8.27. The largest absolute Gasteiger partial charge is 0.297 e. The van der Waals surface area contributed by atoms with Gasteiger partial charge in [0.05, 0.1) is 0 Å². The van der Waals surface area contributed by atoms with Crippen LogP contribution in [0.1, 0.15) is 41.5 Å². The Morgan fingerprint density at radius 2 is 1.14 bits per heavy atom. The lowest BCUT2D eigenvalue weighted by Crippen LogP contribution is -2.41. The van der Waals surface area contributed by atoms with Gasteiger partial charge >= 0.3 is 0 Å². The summed E-state index contributed by atoms with van der Waals surface area (Å²) in [6.45, 7) is 18.5. The molecule has 0 amide bonds. The van der Waals surface area contributed by atoms with E-state index in [0.29, 0.717) is 11.6 Å². The fourth-order valence-corrected chi connectivity index (χ4v) is 6.56. The summed E-state index contributed by atoms with van der Waals surface area (Å²) < 4.78 is 0. The molecule has 3 heteroatoms. The molecule has 0 aliphatic carbocycles. The maximum atomic E-state index is 2.61. The van der Waals surface area contributed by atoms with Gasteiger partial charge in [-0.1, -0.05) is 58.0 Å². The molecule has 0 aromatic heterocycles. The molecule has 1 aromatic carbocycles. The third-order valence-corrected chi connectivity index (χ3v) is 7.70. The summed E-state index contributed by atoms with van der Waals surface area (Å²) in [4.78, 5) is 5.22. The van der Waals surface area contributed by atoms with Crippen molar-refractivity contribution >= 4 is 13.2 Å². The van der Waals surface area contributed by atoms with E-state index in [1.807, 2.05) is 0 Å². The standard InChI is InChI=1S/C18H33N2P/c1-7-19(8-2)16(5)21(17(6)20(9-3)10-4)18-14-12-11-13-15-18/h11-17H,7-10H2,1-6H3. The highest BCUT2D eigenvalue weighted by molar-refractivity contribution is 7.66. The summed E-state index contributed by atoms with van der Waals surface area (Å²) in [6, 6.07) is 11.2. The van der Waals surface area contributed by atoms with E-state index in [-0.39, 0.29) is 7.92 Å². The fourth-order valence-electron chi connectivity index (χ4n) is 3.20. The maximum Gasteiger partial charge on any atom is 0.0323 e. The Kier molecular flexibility index (Phi) is 8.48. The number of hydrogen-bond acceptors (Lipinski definition) is 2. The normalized spacial score (nSPS) is 16.2. The minimum Gasteiger partial charge on any atom is -0.297 e. The van der Waals surface area contributed by atoms with Crippen molar-refractivity contribution in [3.63, 3.8) is 0 Å². The molecule has 0 heterocycles. The lowest BCUT2D eigenvalue weighted by molar-refractivity contribution is 0.270. The van der Waals surface area contributed by atoms with Crippen LogP contribution in [0, 0.1) is 0 Å². The Bertz CT molecular complexity index is 356. The summed E-state index contributed by atoms with van der Waals surface area (Å²) >= 11 is 0. The van der Waals surface area contributed by atoms with Crippen LogP contribution in [0.25, 0.3) is 0 Å². The second-order valence-electron chi connectivity index (χ2n) is 5.45. The van der Waals surface area contributed by atoms with Gasteiger partial charge in [-0.15, -0.1) is 0 Å². The summed E-state index contributed by atoms with van der Waals surface area (Å²) in [7, 11) is -0.228. The Morgan fingerprint density at radius 1 is 0.762 bits per heavy atom. The van der Waals surface area contributed by atoms with Crippen LogP contribution in [0.5, 0.6) is 0 Å². The third kappa shape index (κ3) is 4.77. The van der Waals surface area contributed by atoms with E-state index in [1.165, 1.54) is 5.30 Å². The van der Waals surface area contributed by atoms with Crippen LogP contribution in [-0.4, -0.2) is 47.5 Å². The lowest BCUT2D eigenvalue weighted by Gasteiger charge is -2.41. The van der Waals surface area contributed by atoms with Gasteiger partial charge in [0.25, 0.3) is 0 Å². The van der Waals surface area contributed by atoms with Crippen LogP contribution in [0.4, 0.5) is 0 Å². The first-order chi connectivity index (χ1) is 10.1. The lowest BCUT2D eigenvalue weighted by atomic mass is 10.4. The molecule has 1 aromatic rings. The smallest absolute Gasteiger partial charge is 0.0323 e. The third-order valence-electron chi connectivity index (χ3n) is 4.54. The molecule has 2 nitrogen and oxygen atoms in total. The predicted octanol–water partition coefficient (Wildman–Crippen LogP) is 4.17. The van der Waals surface area contributed by atoms with Crippen LogP contribution < -0.4 is 5.30 Å². The molecule has 0 radical (unpaired) electrons. The van der Waals surface area contributed by atoms with E-state index in [0.717, 1.165) is 26.2 Å². The van der Waals surface area contributed by atoms with Crippen LogP contribution in [0.2, 0.25) is 0 Å². The predicted molar refractivity (Wildman–Crippen MR) is 97.8 cm³/mol. The van der Waals surface area contributed by atoms with Crippen LogP contribution >= 0.6 is 7.92 Å². The highest BCUT2D eigenvalue weighted by Gasteiger charge is 2.30. The van der Waals surface area contributed by atoms with Gasteiger partial charge in [-0.2, -0.15) is 0 Å². The zero-order chi connectivity index (χ0) is 15.8. The van der Waals surface area contributed by atoms with Gasteiger partial charge in [0, 0.05) is 11.6 Å². The van der Waals surface area contributed by atoms with Crippen LogP contribution in [0.3, 0.4) is 0 Å². The van der Waals surface area contributed by atoms with E-state index in [9.17, 15) is 0 Å². The minimum atomic E-state index is -0.228. The number of rotatable bonds is 9. The molecule has 0 saturated carbocycles. The molecule has 120 valence electrons. The Hall–Kier alpha value is -0.430. The van der Waals surface area contributed by atoms with Crippen molar-refractivity contribution in [1.82, 2.24) is 9.80 Å². The summed E-state index contributed by atoms with van der Waals surface area (Å²) in [5.74, 6) is 1.24. The number of hydrogen-bond donors (Lipinski definition) is 0. The van der Waals surface area contributed by atoms with Crippen molar-refractivity contribution in [2.75, 3.05) is 26.2 Å². The first-order valence-electron chi connectivity index (χ1n) is 8.42. The first kappa shape index (κ1) is 18.6. The highest BCUT2D eigenvalue weighted by atomic mass is 31.1. The topological polar surface area (TPSA) is 6.48 Å². The summed E-state index contributed by atoms with van der Waals surface area (Å²) in [6.07, 6.45) is 0. The van der Waals surface area contributed by atoms with Crippen molar-refractivity contribution in [3.8, 4) is 0 Å². The molecule has 0 aliphatic heterocycles.